The molecule has 2 aromatic carbocycles. The van der Waals surface area contributed by atoms with E-state index in [1.54, 1.807) is 55.7 Å². The SMILES string of the molecule is COc1ccc(C=CC(=O)NNC(=O)Cc2ccc(Cl)cc2)cc1OC. The van der Waals surface area contributed by atoms with Gasteiger partial charge < -0.3 is 9.47 Å². The van der Waals surface area contributed by atoms with E-state index in [1.165, 1.54) is 13.2 Å². The molecule has 26 heavy (non-hydrogen) atoms. The summed E-state index contributed by atoms with van der Waals surface area (Å²) in [7, 11) is 3.09. The van der Waals surface area contributed by atoms with Crippen molar-refractivity contribution in [3.8, 4) is 11.5 Å². The summed E-state index contributed by atoms with van der Waals surface area (Å²) in [6.07, 6.45) is 3.04. The normalized spacial score (nSPS) is 10.4. The second kappa shape index (κ2) is 9.48. The standard InChI is InChI=1S/C19H19ClN2O4/c1-25-16-9-5-13(11-17(16)26-2)6-10-18(23)21-22-19(24)12-14-3-7-15(20)8-4-14/h3-11H,12H2,1-2H3,(H,21,23)(H,22,24). The van der Waals surface area contributed by atoms with E-state index in [2.05, 4.69) is 10.9 Å². The highest BCUT2D eigenvalue weighted by atomic mass is 35.5. The molecule has 0 aliphatic rings. The Bertz CT molecular complexity index is 804. The number of carbonyl (C=O) groups is 2. The van der Waals surface area contributed by atoms with Crippen LogP contribution < -0.4 is 20.3 Å². The van der Waals surface area contributed by atoms with Crippen LogP contribution in [0.1, 0.15) is 11.1 Å². The molecule has 0 spiro atoms. The van der Waals surface area contributed by atoms with Crippen LogP contribution in [0.25, 0.3) is 6.08 Å². The molecular formula is C19H19ClN2O4. The molecule has 0 radical (unpaired) electrons. The van der Waals surface area contributed by atoms with Gasteiger partial charge in [0, 0.05) is 11.1 Å². The van der Waals surface area contributed by atoms with Gasteiger partial charge >= 0.3 is 0 Å². The summed E-state index contributed by atoms with van der Waals surface area (Å²) in [5.74, 6) is 0.374. The highest BCUT2D eigenvalue weighted by molar-refractivity contribution is 6.30. The Balaban J connectivity index is 1.85. The van der Waals surface area contributed by atoms with Gasteiger partial charge in [-0.1, -0.05) is 29.8 Å². The first kappa shape index (κ1) is 19.3. The fraction of sp³-hybridized carbons (Fsp3) is 0.158. The van der Waals surface area contributed by atoms with Crippen LogP contribution in [0.5, 0.6) is 11.5 Å². The van der Waals surface area contributed by atoms with Crippen LogP contribution in [-0.2, 0) is 16.0 Å². The average Bonchev–Trinajstić information content (AvgIpc) is 2.66. The predicted octanol–water partition coefficient (Wildman–Crippen LogP) is 2.76. The van der Waals surface area contributed by atoms with Crippen molar-refractivity contribution in [2.45, 2.75) is 6.42 Å². The Hall–Kier alpha value is -2.99. The molecule has 0 saturated carbocycles. The number of carbonyl (C=O) groups excluding carboxylic acids is 2. The van der Waals surface area contributed by atoms with Gasteiger partial charge in [0.15, 0.2) is 11.5 Å². The molecule has 2 aromatic rings. The molecule has 6 nitrogen and oxygen atoms in total. The summed E-state index contributed by atoms with van der Waals surface area (Å²) in [6.45, 7) is 0. The molecule has 0 heterocycles. The number of benzene rings is 2. The van der Waals surface area contributed by atoms with Crippen molar-refractivity contribution in [1.82, 2.24) is 10.9 Å². The van der Waals surface area contributed by atoms with Crippen molar-refractivity contribution in [3.63, 3.8) is 0 Å². The summed E-state index contributed by atoms with van der Waals surface area (Å²) in [5, 5.41) is 0.600. The van der Waals surface area contributed by atoms with E-state index >= 15 is 0 Å². The van der Waals surface area contributed by atoms with Gasteiger partial charge in [-0.05, 0) is 41.5 Å². The average molecular weight is 375 g/mol. The summed E-state index contributed by atoms with van der Waals surface area (Å²) >= 11 is 5.79. The first-order chi connectivity index (χ1) is 12.5. The number of rotatable bonds is 6. The van der Waals surface area contributed by atoms with E-state index in [0.29, 0.717) is 16.5 Å². The van der Waals surface area contributed by atoms with Gasteiger partial charge in [0.05, 0.1) is 20.6 Å². The number of hydrazine groups is 1. The smallest absolute Gasteiger partial charge is 0.262 e. The minimum atomic E-state index is -0.454. The lowest BCUT2D eigenvalue weighted by atomic mass is 10.1. The number of hydrogen-bond acceptors (Lipinski definition) is 4. The zero-order valence-corrected chi connectivity index (χ0v) is 15.2. The summed E-state index contributed by atoms with van der Waals surface area (Å²) in [5.41, 5.74) is 6.23. The van der Waals surface area contributed by atoms with Gasteiger partial charge in [-0.25, -0.2) is 0 Å². The van der Waals surface area contributed by atoms with Gasteiger partial charge in [0.1, 0.15) is 0 Å². The van der Waals surface area contributed by atoms with Crippen molar-refractivity contribution in [2.75, 3.05) is 14.2 Å². The van der Waals surface area contributed by atoms with Crippen LogP contribution in [0.3, 0.4) is 0 Å². The van der Waals surface area contributed by atoms with Crippen molar-refractivity contribution in [1.29, 1.82) is 0 Å². The summed E-state index contributed by atoms with van der Waals surface area (Å²) in [6, 6.07) is 12.2. The van der Waals surface area contributed by atoms with Crippen molar-refractivity contribution >= 4 is 29.5 Å². The molecule has 7 heteroatoms. The van der Waals surface area contributed by atoms with E-state index in [4.69, 9.17) is 21.1 Å². The van der Waals surface area contributed by atoms with Crippen LogP contribution in [-0.4, -0.2) is 26.0 Å². The molecular weight excluding hydrogens is 356 g/mol. The van der Waals surface area contributed by atoms with E-state index in [-0.39, 0.29) is 12.3 Å². The second-order valence-electron chi connectivity index (χ2n) is 5.29. The Morgan fingerprint density at radius 3 is 2.35 bits per heavy atom. The van der Waals surface area contributed by atoms with Gasteiger partial charge in [-0.2, -0.15) is 0 Å². The number of amides is 2. The number of nitrogens with one attached hydrogen (secondary N) is 2. The molecule has 0 fully saturated rings. The molecule has 0 bridgehead atoms. The molecule has 0 unspecified atom stereocenters. The van der Waals surface area contributed by atoms with Crippen molar-refractivity contribution < 1.29 is 19.1 Å². The zero-order valence-electron chi connectivity index (χ0n) is 14.4. The number of halogens is 1. The molecule has 0 aromatic heterocycles. The van der Waals surface area contributed by atoms with Crippen LogP contribution >= 0.6 is 11.6 Å². The van der Waals surface area contributed by atoms with Crippen LogP contribution in [0.4, 0.5) is 0 Å². The van der Waals surface area contributed by atoms with Gasteiger partial charge in [-0.15, -0.1) is 0 Å². The molecule has 2 N–H and O–H groups in total. The third-order valence-corrected chi connectivity index (χ3v) is 3.69. The Morgan fingerprint density at radius 1 is 1.00 bits per heavy atom. The fourth-order valence-electron chi connectivity index (χ4n) is 2.13. The Morgan fingerprint density at radius 2 is 1.69 bits per heavy atom. The molecule has 0 saturated heterocycles. The molecule has 0 atom stereocenters. The molecule has 2 rings (SSSR count). The molecule has 0 aliphatic carbocycles. The van der Waals surface area contributed by atoms with Gasteiger partial charge in [0.2, 0.25) is 5.91 Å². The number of hydrogen-bond donors (Lipinski definition) is 2. The largest absolute Gasteiger partial charge is 0.493 e. The lowest BCUT2D eigenvalue weighted by molar-refractivity contribution is -0.126. The lowest BCUT2D eigenvalue weighted by Gasteiger charge is -2.08. The Labute approximate surface area is 156 Å². The first-order valence-corrected chi connectivity index (χ1v) is 8.13. The number of methoxy groups -OCH3 is 2. The van der Waals surface area contributed by atoms with Crippen molar-refractivity contribution in [3.05, 3.63) is 64.7 Å². The Kier molecular flexibility index (Phi) is 7.05. The monoisotopic (exact) mass is 374 g/mol. The molecule has 0 aliphatic heterocycles. The summed E-state index contributed by atoms with van der Waals surface area (Å²) < 4.78 is 10.4. The zero-order chi connectivity index (χ0) is 18.9. The predicted molar refractivity (Wildman–Crippen MR) is 100 cm³/mol. The van der Waals surface area contributed by atoms with Crippen LogP contribution in [0, 0.1) is 0 Å². The summed E-state index contributed by atoms with van der Waals surface area (Å²) in [4.78, 5) is 23.6. The van der Waals surface area contributed by atoms with Gasteiger partial charge in [-0.3, -0.25) is 20.4 Å². The van der Waals surface area contributed by atoms with Crippen LogP contribution in [0.15, 0.2) is 48.5 Å². The highest BCUT2D eigenvalue weighted by Gasteiger charge is 2.05. The van der Waals surface area contributed by atoms with E-state index in [0.717, 1.165) is 11.1 Å². The van der Waals surface area contributed by atoms with E-state index in [1.807, 2.05) is 0 Å². The third-order valence-electron chi connectivity index (χ3n) is 3.44. The maximum absolute atomic E-state index is 11.8. The molecule has 2 amide bonds. The van der Waals surface area contributed by atoms with Gasteiger partial charge in [0.25, 0.3) is 5.91 Å². The van der Waals surface area contributed by atoms with E-state index < -0.39 is 5.91 Å². The van der Waals surface area contributed by atoms with Crippen molar-refractivity contribution in [2.24, 2.45) is 0 Å². The second-order valence-corrected chi connectivity index (χ2v) is 5.72. The first-order valence-electron chi connectivity index (χ1n) is 7.75. The minimum absolute atomic E-state index is 0.136. The molecule has 136 valence electrons. The number of ether oxygens (including phenoxy) is 2. The third kappa shape index (κ3) is 5.82. The lowest BCUT2D eigenvalue weighted by Crippen LogP contribution is -2.41. The maximum atomic E-state index is 11.8. The maximum Gasteiger partial charge on any atom is 0.262 e. The minimum Gasteiger partial charge on any atom is -0.493 e. The van der Waals surface area contributed by atoms with E-state index in [9.17, 15) is 9.59 Å². The quantitative estimate of drug-likeness (QED) is 0.602. The van der Waals surface area contributed by atoms with Crippen LogP contribution in [0.2, 0.25) is 5.02 Å². The fourth-order valence-corrected chi connectivity index (χ4v) is 2.26. The topological polar surface area (TPSA) is 76.7 Å². The highest BCUT2D eigenvalue weighted by Crippen LogP contribution is 2.27.